The molecule has 0 aliphatic rings. The highest BCUT2D eigenvalue weighted by Gasteiger charge is 2.21. The molecule has 1 amide bonds. The summed E-state index contributed by atoms with van der Waals surface area (Å²) in [5.41, 5.74) is 0.444. The molecule has 0 aliphatic heterocycles. The Bertz CT molecular complexity index is 421. The Kier molecular flexibility index (Phi) is 3.89. The predicted octanol–water partition coefficient (Wildman–Crippen LogP) is 2.87. The number of hydrogen-bond acceptors (Lipinski definition) is 3. The van der Waals surface area contributed by atoms with Crippen molar-refractivity contribution in [1.82, 2.24) is 0 Å². The Hall–Kier alpha value is -1.84. The number of anilines is 1. The molecule has 0 saturated carbocycles. The molecule has 17 heavy (non-hydrogen) atoms. The van der Waals surface area contributed by atoms with E-state index in [1.807, 2.05) is 0 Å². The van der Waals surface area contributed by atoms with Crippen LogP contribution in [-0.2, 0) is 4.74 Å². The molecule has 0 N–H and O–H groups in total. The van der Waals surface area contributed by atoms with Gasteiger partial charge in [-0.3, -0.25) is 9.69 Å². The summed E-state index contributed by atoms with van der Waals surface area (Å²) in [5, 5.41) is 0. The van der Waals surface area contributed by atoms with Gasteiger partial charge in [-0.2, -0.15) is 0 Å². The number of rotatable bonds is 2. The highest BCUT2D eigenvalue weighted by Crippen LogP contribution is 2.19. The summed E-state index contributed by atoms with van der Waals surface area (Å²) in [7, 11) is 1.58. The van der Waals surface area contributed by atoms with Crippen LogP contribution in [-0.4, -0.2) is 25.0 Å². The SMILES string of the molecule is CN(C(=O)OC(C)(C)C)c1ccccc1C=O. The Morgan fingerprint density at radius 3 is 2.41 bits per heavy atom. The fraction of sp³-hybridized carbons (Fsp3) is 0.385. The maximum Gasteiger partial charge on any atom is 0.414 e. The molecule has 0 fully saturated rings. The van der Waals surface area contributed by atoms with Crippen molar-refractivity contribution in [2.24, 2.45) is 0 Å². The Morgan fingerprint density at radius 1 is 1.29 bits per heavy atom. The average molecular weight is 235 g/mol. The van der Waals surface area contributed by atoms with Crippen molar-refractivity contribution in [2.75, 3.05) is 11.9 Å². The molecule has 4 heteroatoms. The first kappa shape index (κ1) is 13.2. The minimum Gasteiger partial charge on any atom is -0.443 e. The van der Waals surface area contributed by atoms with Gasteiger partial charge >= 0.3 is 6.09 Å². The lowest BCUT2D eigenvalue weighted by atomic mass is 10.2. The van der Waals surface area contributed by atoms with Crippen LogP contribution in [0.2, 0.25) is 0 Å². The number of hydrogen-bond donors (Lipinski definition) is 0. The number of ether oxygens (including phenoxy) is 1. The van der Waals surface area contributed by atoms with Crippen molar-refractivity contribution in [3.8, 4) is 0 Å². The highest BCUT2D eigenvalue weighted by atomic mass is 16.6. The van der Waals surface area contributed by atoms with Gasteiger partial charge in [0.05, 0.1) is 5.69 Å². The summed E-state index contributed by atoms with van der Waals surface area (Å²) in [6.07, 6.45) is 0.239. The van der Waals surface area contributed by atoms with E-state index in [1.54, 1.807) is 52.1 Å². The number of nitrogens with zero attached hydrogens (tertiary/aromatic N) is 1. The summed E-state index contributed by atoms with van der Waals surface area (Å²) in [6.45, 7) is 5.39. The van der Waals surface area contributed by atoms with Gasteiger partial charge in [0.1, 0.15) is 5.60 Å². The third-order valence-corrected chi connectivity index (χ3v) is 2.09. The monoisotopic (exact) mass is 235 g/mol. The molecule has 0 aliphatic carbocycles. The van der Waals surface area contributed by atoms with E-state index < -0.39 is 11.7 Å². The first-order chi connectivity index (χ1) is 7.85. The molecular weight excluding hydrogens is 218 g/mol. The van der Waals surface area contributed by atoms with Crippen molar-refractivity contribution in [3.05, 3.63) is 29.8 Å². The van der Waals surface area contributed by atoms with E-state index in [-0.39, 0.29) is 0 Å². The van der Waals surface area contributed by atoms with Gasteiger partial charge in [-0.15, -0.1) is 0 Å². The third kappa shape index (κ3) is 3.59. The van der Waals surface area contributed by atoms with Gasteiger partial charge in [0.25, 0.3) is 0 Å². The number of carbonyl (C=O) groups excluding carboxylic acids is 2. The summed E-state index contributed by atoms with van der Waals surface area (Å²) in [4.78, 5) is 24.0. The van der Waals surface area contributed by atoms with E-state index in [1.165, 1.54) is 4.90 Å². The number of carbonyl (C=O) groups is 2. The lowest BCUT2D eigenvalue weighted by molar-refractivity contribution is 0.0589. The fourth-order valence-electron chi connectivity index (χ4n) is 1.32. The van der Waals surface area contributed by atoms with Crippen LogP contribution in [0.3, 0.4) is 0 Å². The quantitative estimate of drug-likeness (QED) is 0.740. The van der Waals surface area contributed by atoms with E-state index >= 15 is 0 Å². The second-order valence-corrected chi connectivity index (χ2v) is 4.72. The number of benzene rings is 1. The van der Waals surface area contributed by atoms with Gasteiger partial charge in [-0.05, 0) is 32.9 Å². The largest absolute Gasteiger partial charge is 0.443 e. The standard InChI is InChI=1S/C13H17NO3/c1-13(2,3)17-12(16)14(4)11-8-6-5-7-10(11)9-15/h5-9H,1-4H3. The van der Waals surface area contributed by atoms with Crippen molar-refractivity contribution < 1.29 is 14.3 Å². The molecule has 0 heterocycles. The molecular formula is C13H17NO3. The normalized spacial score (nSPS) is 10.8. The molecule has 0 aromatic heterocycles. The average Bonchev–Trinajstić information content (AvgIpc) is 2.25. The molecule has 0 atom stereocenters. The zero-order valence-electron chi connectivity index (χ0n) is 10.6. The van der Waals surface area contributed by atoms with Gasteiger partial charge in [-0.25, -0.2) is 4.79 Å². The second kappa shape index (κ2) is 4.99. The fourth-order valence-corrected chi connectivity index (χ4v) is 1.32. The number of amides is 1. The Balaban J connectivity index is 2.92. The molecule has 0 radical (unpaired) electrons. The van der Waals surface area contributed by atoms with Crippen LogP contribution in [0.1, 0.15) is 31.1 Å². The second-order valence-electron chi connectivity index (χ2n) is 4.72. The molecule has 92 valence electrons. The molecule has 0 spiro atoms. The van der Waals surface area contributed by atoms with E-state index in [4.69, 9.17) is 4.74 Å². The summed E-state index contributed by atoms with van der Waals surface area (Å²) in [6, 6.07) is 6.87. The van der Waals surface area contributed by atoms with Gasteiger partial charge in [0.15, 0.2) is 6.29 Å². The summed E-state index contributed by atoms with van der Waals surface area (Å²) >= 11 is 0. The first-order valence-corrected chi connectivity index (χ1v) is 5.36. The molecule has 0 bridgehead atoms. The predicted molar refractivity (Wildman–Crippen MR) is 66.5 cm³/mol. The zero-order chi connectivity index (χ0) is 13.1. The Morgan fingerprint density at radius 2 is 1.88 bits per heavy atom. The van der Waals surface area contributed by atoms with Crippen molar-refractivity contribution in [2.45, 2.75) is 26.4 Å². The molecule has 0 unspecified atom stereocenters. The van der Waals surface area contributed by atoms with E-state index in [2.05, 4.69) is 0 Å². The van der Waals surface area contributed by atoms with Crippen LogP contribution < -0.4 is 4.90 Å². The lowest BCUT2D eigenvalue weighted by Crippen LogP contribution is -2.34. The molecule has 1 rings (SSSR count). The number of para-hydroxylation sites is 1. The van der Waals surface area contributed by atoms with E-state index in [0.29, 0.717) is 11.3 Å². The third-order valence-electron chi connectivity index (χ3n) is 2.09. The maximum absolute atomic E-state index is 11.8. The minimum absolute atomic E-state index is 0.459. The smallest absolute Gasteiger partial charge is 0.414 e. The van der Waals surface area contributed by atoms with Gasteiger partial charge in [0.2, 0.25) is 0 Å². The zero-order valence-corrected chi connectivity index (χ0v) is 10.6. The van der Waals surface area contributed by atoms with Crippen molar-refractivity contribution in [1.29, 1.82) is 0 Å². The van der Waals surface area contributed by atoms with Crippen LogP contribution in [0, 0.1) is 0 Å². The maximum atomic E-state index is 11.8. The highest BCUT2D eigenvalue weighted by molar-refractivity contribution is 5.94. The van der Waals surface area contributed by atoms with E-state index in [9.17, 15) is 9.59 Å². The number of aldehydes is 1. The van der Waals surface area contributed by atoms with Gasteiger partial charge < -0.3 is 4.74 Å². The lowest BCUT2D eigenvalue weighted by Gasteiger charge is -2.25. The molecule has 1 aromatic rings. The van der Waals surface area contributed by atoms with Crippen LogP contribution in [0.5, 0.6) is 0 Å². The Labute approximate surface area is 101 Å². The minimum atomic E-state index is -0.554. The van der Waals surface area contributed by atoms with E-state index in [0.717, 1.165) is 6.29 Å². The van der Waals surface area contributed by atoms with Crippen LogP contribution in [0.25, 0.3) is 0 Å². The molecule has 0 saturated heterocycles. The van der Waals surface area contributed by atoms with Crippen LogP contribution in [0.4, 0.5) is 10.5 Å². The van der Waals surface area contributed by atoms with Crippen LogP contribution in [0.15, 0.2) is 24.3 Å². The summed E-state index contributed by atoms with van der Waals surface area (Å²) < 4.78 is 5.22. The van der Waals surface area contributed by atoms with Gasteiger partial charge in [-0.1, -0.05) is 12.1 Å². The topological polar surface area (TPSA) is 46.6 Å². The van der Waals surface area contributed by atoms with Crippen molar-refractivity contribution in [3.63, 3.8) is 0 Å². The van der Waals surface area contributed by atoms with Gasteiger partial charge in [0, 0.05) is 12.6 Å². The molecule has 1 aromatic carbocycles. The molecule has 4 nitrogen and oxygen atoms in total. The van der Waals surface area contributed by atoms with Crippen molar-refractivity contribution >= 4 is 18.1 Å². The summed E-state index contributed by atoms with van der Waals surface area (Å²) in [5.74, 6) is 0. The van der Waals surface area contributed by atoms with Crippen LogP contribution >= 0.6 is 0 Å². The first-order valence-electron chi connectivity index (χ1n) is 5.36.